The molecule has 0 radical (unpaired) electrons. The molecule has 5 nitrogen and oxygen atoms in total. The van der Waals surface area contributed by atoms with Crippen LogP contribution in [-0.4, -0.2) is 40.8 Å². The predicted octanol–water partition coefficient (Wildman–Crippen LogP) is 0.884. The van der Waals surface area contributed by atoms with Crippen molar-refractivity contribution in [2.45, 2.75) is 26.3 Å². The van der Waals surface area contributed by atoms with Crippen LogP contribution in [0.5, 0.6) is 0 Å². The summed E-state index contributed by atoms with van der Waals surface area (Å²) in [7, 11) is -2.95. The summed E-state index contributed by atoms with van der Waals surface area (Å²) < 4.78 is 24.5. The second kappa shape index (κ2) is 6.20. The van der Waals surface area contributed by atoms with Gasteiger partial charge >= 0.3 is 0 Å². The minimum atomic E-state index is -2.95. The van der Waals surface area contributed by atoms with Crippen molar-refractivity contribution < 1.29 is 8.42 Å². The van der Waals surface area contributed by atoms with Gasteiger partial charge in [0.15, 0.2) is 9.84 Å². The third-order valence-electron chi connectivity index (χ3n) is 2.08. The van der Waals surface area contributed by atoms with E-state index in [1.54, 1.807) is 10.9 Å². The summed E-state index contributed by atoms with van der Waals surface area (Å²) in [4.78, 5) is 0. The van der Waals surface area contributed by atoms with E-state index in [0.29, 0.717) is 25.3 Å². The van der Waals surface area contributed by atoms with Crippen molar-refractivity contribution in [2.75, 3.05) is 17.4 Å². The number of aromatic nitrogens is 3. The zero-order chi connectivity index (χ0) is 12.0. The van der Waals surface area contributed by atoms with Gasteiger partial charge in [0.1, 0.15) is 0 Å². The van der Waals surface area contributed by atoms with E-state index in [1.165, 1.54) is 0 Å². The Morgan fingerprint density at radius 2 is 2.19 bits per heavy atom. The van der Waals surface area contributed by atoms with E-state index in [1.807, 2.05) is 6.92 Å². The average molecular weight is 266 g/mol. The molecule has 0 spiro atoms. The van der Waals surface area contributed by atoms with E-state index in [-0.39, 0.29) is 11.5 Å². The van der Waals surface area contributed by atoms with Crippen LogP contribution in [0, 0.1) is 0 Å². The van der Waals surface area contributed by atoms with Gasteiger partial charge < -0.3 is 0 Å². The fourth-order valence-corrected chi connectivity index (χ4v) is 2.79. The molecule has 0 bridgehead atoms. The van der Waals surface area contributed by atoms with Crippen molar-refractivity contribution in [2.24, 2.45) is 0 Å². The molecule has 0 unspecified atom stereocenters. The number of nitrogens with zero attached hydrogens (tertiary/aromatic N) is 3. The Hall–Kier alpha value is -0.620. The van der Waals surface area contributed by atoms with E-state index in [4.69, 9.17) is 11.6 Å². The second-order valence-electron chi connectivity index (χ2n) is 3.56. The molecule has 0 aromatic carbocycles. The van der Waals surface area contributed by atoms with Crippen LogP contribution in [0.2, 0.25) is 0 Å². The van der Waals surface area contributed by atoms with Gasteiger partial charge in [0, 0.05) is 24.3 Å². The third-order valence-corrected chi connectivity index (χ3v) is 4.11. The quantitative estimate of drug-likeness (QED) is 0.687. The molecule has 1 aromatic heterocycles. The fourth-order valence-electron chi connectivity index (χ4n) is 1.30. The highest BCUT2D eigenvalue weighted by atomic mass is 35.5. The molecule has 0 amide bonds. The van der Waals surface area contributed by atoms with Crippen LogP contribution in [0.25, 0.3) is 0 Å². The topological polar surface area (TPSA) is 64.8 Å². The Kier molecular flexibility index (Phi) is 5.21. The number of hydrogen-bond donors (Lipinski definition) is 0. The molecule has 0 atom stereocenters. The van der Waals surface area contributed by atoms with Gasteiger partial charge in [-0.05, 0) is 6.42 Å². The summed E-state index contributed by atoms with van der Waals surface area (Å²) in [6.45, 7) is 2.21. The number of rotatable bonds is 7. The molecule has 1 rings (SSSR count). The van der Waals surface area contributed by atoms with Crippen LogP contribution in [0.4, 0.5) is 0 Å². The van der Waals surface area contributed by atoms with E-state index < -0.39 is 9.84 Å². The van der Waals surface area contributed by atoms with Gasteiger partial charge in [0.05, 0.1) is 18.0 Å². The lowest BCUT2D eigenvalue weighted by Crippen LogP contribution is -2.16. The van der Waals surface area contributed by atoms with Gasteiger partial charge in [-0.15, -0.1) is 16.7 Å². The molecule has 92 valence electrons. The first kappa shape index (κ1) is 13.4. The monoisotopic (exact) mass is 265 g/mol. The largest absolute Gasteiger partial charge is 0.251 e. The summed E-state index contributed by atoms with van der Waals surface area (Å²) in [5.41, 5.74) is 0.794. The zero-order valence-corrected chi connectivity index (χ0v) is 10.8. The van der Waals surface area contributed by atoms with Crippen LogP contribution in [0.3, 0.4) is 0 Å². The first-order valence-corrected chi connectivity index (χ1v) is 7.58. The lowest BCUT2D eigenvalue weighted by Gasteiger charge is -2.01. The molecule has 7 heteroatoms. The number of alkyl halides is 1. The summed E-state index contributed by atoms with van der Waals surface area (Å²) in [6.07, 6.45) is 3.05. The Bertz CT molecular complexity index is 416. The van der Waals surface area contributed by atoms with Crippen molar-refractivity contribution >= 4 is 21.4 Å². The number of sulfone groups is 1. The Morgan fingerprint density at radius 1 is 1.44 bits per heavy atom. The van der Waals surface area contributed by atoms with Crippen molar-refractivity contribution in [1.29, 1.82) is 0 Å². The van der Waals surface area contributed by atoms with Crippen molar-refractivity contribution in [1.82, 2.24) is 15.0 Å². The molecule has 0 N–H and O–H groups in total. The molecule has 0 aliphatic rings. The van der Waals surface area contributed by atoms with Crippen LogP contribution < -0.4 is 0 Å². The summed E-state index contributed by atoms with van der Waals surface area (Å²) in [5, 5.41) is 7.73. The normalized spacial score (nSPS) is 11.9. The first-order chi connectivity index (χ1) is 7.57. The number of halogens is 1. The van der Waals surface area contributed by atoms with Crippen LogP contribution in [-0.2, 0) is 22.8 Å². The Morgan fingerprint density at radius 3 is 2.81 bits per heavy atom. The number of aryl methyl sites for hydroxylation is 2. The van der Waals surface area contributed by atoms with Crippen LogP contribution in [0.15, 0.2) is 6.20 Å². The third kappa shape index (κ3) is 4.49. The molecular formula is C9H16ClN3O2S. The van der Waals surface area contributed by atoms with Crippen LogP contribution >= 0.6 is 11.6 Å². The molecule has 1 heterocycles. The van der Waals surface area contributed by atoms with Gasteiger partial charge in [-0.3, -0.25) is 4.68 Å². The van der Waals surface area contributed by atoms with E-state index >= 15 is 0 Å². The molecular weight excluding hydrogens is 250 g/mol. The minimum Gasteiger partial charge on any atom is -0.251 e. The molecule has 0 fully saturated rings. The van der Waals surface area contributed by atoms with Gasteiger partial charge in [-0.2, -0.15) is 0 Å². The Labute approximate surface area is 101 Å². The Balaban J connectivity index is 2.48. The zero-order valence-electron chi connectivity index (χ0n) is 9.26. The lowest BCUT2D eigenvalue weighted by molar-refractivity contribution is 0.574. The molecule has 0 aliphatic heterocycles. The highest BCUT2D eigenvalue weighted by Crippen LogP contribution is 1.99. The molecule has 0 aliphatic carbocycles. The van der Waals surface area contributed by atoms with E-state index in [2.05, 4.69) is 10.3 Å². The molecule has 0 saturated carbocycles. The second-order valence-corrected chi connectivity index (χ2v) is 6.25. The summed E-state index contributed by atoms with van der Waals surface area (Å²) in [6, 6.07) is 0. The van der Waals surface area contributed by atoms with Gasteiger partial charge in [0.25, 0.3) is 0 Å². The summed E-state index contributed by atoms with van der Waals surface area (Å²) >= 11 is 5.56. The maximum atomic E-state index is 11.5. The van der Waals surface area contributed by atoms with E-state index in [9.17, 15) is 8.42 Å². The van der Waals surface area contributed by atoms with Crippen molar-refractivity contribution in [3.63, 3.8) is 0 Å². The fraction of sp³-hybridized carbons (Fsp3) is 0.778. The maximum absolute atomic E-state index is 11.5. The predicted molar refractivity (Wildman–Crippen MR) is 63.4 cm³/mol. The average Bonchev–Trinajstić information content (AvgIpc) is 2.64. The first-order valence-electron chi connectivity index (χ1n) is 5.23. The van der Waals surface area contributed by atoms with Crippen molar-refractivity contribution in [3.05, 3.63) is 11.9 Å². The standard InChI is InChI=1S/C9H16ClN3O2S/c1-2-6-16(14,15)7-5-13-8-9(3-4-10)11-12-13/h8H,2-7H2,1H3. The molecule has 1 aromatic rings. The maximum Gasteiger partial charge on any atom is 0.152 e. The highest BCUT2D eigenvalue weighted by Gasteiger charge is 2.10. The smallest absolute Gasteiger partial charge is 0.152 e. The van der Waals surface area contributed by atoms with Gasteiger partial charge in [0.2, 0.25) is 0 Å². The number of hydrogen-bond acceptors (Lipinski definition) is 4. The SMILES string of the molecule is CCCS(=O)(=O)CCn1cc(CCCl)nn1. The minimum absolute atomic E-state index is 0.116. The molecule has 16 heavy (non-hydrogen) atoms. The highest BCUT2D eigenvalue weighted by molar-refractivity contribution is 7.91. The van der Waals surface area contributed by atoms with Gasteiger partial charge in [-0.1, -0.05) is 12.1 Å². The lowest BCUT2D eigenvalue weighted by atomic mass is 10.4. The van der Waals surface area contributed by atoms with Crippen molar-refractivity contribution in [3.8, 4) is 0 Å². The molecule has 0 saturated heterocycles. The summed E-state index contributed by atoms with van der Waals surface area (Å²) in [5.74, 6) is 0.841. The van der Waals surface area contributed by atoms with Gasteiger partial charge in [-0.25, -0.2) is 8.42 Å². The van der Waals surface area contributed by atoms with Crippen LogP contribution in [0.1, 0.15) is 19.0 Å². The van der Waals surface area contributed by atoms with E-state index in [0.717, 1.165) is 5.69 Å².